The van der Waals surface area contributed by atoms with E-state index in [-0.39, 0.29) is 5.91 Å². The van der Waals surface area contributed by atoms with Crippen molar-refractivity contribution in [2.75, 3.05) is 24.2 Å². The van der Waals surface area contributed by atoms with Gasteiger partial charge in [-0.15, -0.1) is 0 Å². The Bertz CT molecular complexity index is 506. The number of nitrogens with zero attached hydrogens (tertiary/aromatic N) is 1. The van der Waals surface area contributed by atoms with E-state index < -0.39 is 0 Å². The third-order valence-electron chi connectivity index (χ3n) is 4.14. The van der Waals surface area contributed by atoms with Gasteiger partial charge in [-0.2, -0.15) is 0 Å². The fraction of sp³-hybridized carbons (Fsp3) is 0.562. The molecule has 0 bridgehead atoms. The van der Waals surface area contributed by atoms with Gasteiger partial charge in [0.25, 0.3) is 0 Å². The van der Waals surface area contributed by atoms with E-state index in [2.05, 4.69) is 29.5 Å². The maximum Gasteiger partial charge on any atom is 0.224 e. The molecule has 116 valence electrons. The Kier molecular flexibility index (Phi) is 5.48. The summed E-state index contributed by atoms with van der Waals surface area (Å²) in [6.07, 6.45) is 2.67. The van der Waals surface area contributed by atoms with Crippen molar-refractivity contribution in [3.05, 3.63) is 23.2 Å². The minimum atomic E-state index is 0.0104. The number of carbonyl (C=O) groups excluding carboxylic acids is 1. The van der Waals surface area contributed by atoms with E-state index in [1.807, 2.05) is 25.1 Å². The van der Waals surface area contributed by atoms with Gasteiger partial charge in [-0.05, 0) is 45.0 Å². The summed E-state index contributed by atoms with van der Waals surface area (Å²) in [5.74, 6) is 0.0104. The van der Waals surface area contributed by atoms with Crippen LogP contribution in [0, 0.1) is 0 Å². The van der Waals surface area contributed by atoms with E-state index in [4.69, 9.17) is 11.6 Å². The van der Waals surface area contributed by atoms with Gasteiger partial charge in [-0.1, -0.05) is 18.5 Å². The van der Waals surface area contributed by atoms with Crippen molar-refractivity contribution in [3.63, 3.8) is 0 Å². The maximum atomic E-state index is 11.5. The Balaban J connectivity index is 2.05. The first-order valence-electron chi connectivity index (χ1n) is 7.55. The largest absolute Gasteiger partial charge is 0.381 e. The number of piperidine rings is 1. The molecule has 21 heavy (non-hydrogen) atoms. The van der Waals surface area contributed by atoms with Crippen LogP contribution in [-0.4, -0.2) is 36.5 Å². The highest BCUT2D eigenvalue weighted by Gasteiger charge is 2.23. The maximum absolute atomic E-state index is 11.5. The molecule has 5 heteroatoms. The number of nitrogens with one attached hydrogen (secondary N) is 2. The number of benzene rings is 1. The summed E-state index contributed by atoms with van der Waals surface area (Å²) in [4.78, 5) is 13.8. The second-order valence-corrected chi connectivity index (χ2v) is 6.20. The molecule has 2 N–H and O–H groups in total. The fourth-order valence-electron chi connectivity index (χ4n) is 2.60. The number of hydrogen-bond donors (Lipinski definition) is 2. The van der Waals surface area contributed by atoms with Crippen molar-refractivity contribution < 1.29 is 4.79 Å². The fourth-order valence-corrected chi connectivity index (χ4v) is 2.78. The van der Waals surface area contributed by atoms with Gasteiger partial charge < -0.3 is 15.5 Å². The van der Waals surface area contributed by atoms with Gasteiger partial charge >= 0.3 is 0 Å². The number of carbonyl (C=O) groups is 1. The van der Waals surface area contributed by atoms with Crippen LogP contribution < -0.4 is 10.6 Å². The van der Waals surface area contributed by atoms with Crippen LogP contribution in [0.3, 0.4) is 0 Å². The van der Waals surface area contributed by atoms with Crippen LogP contribution in [0.2, 0.25) is 5.02 Å². The molecule has 1 aromatic rings. The smallest absolute Gasteiger partial charge is 0.224 e. The van der Waals surface area contributed by atoms with Crippen molar-refractivity contribution in [2.45, 2.75) is 45.2 Å². The van der Waals surface area contributed by atoms with Crippen LogP contribution in [0.5, 0.6) is 0 Å². The first kappa shape index (κ1) is 16.1. The summed E-state index contributed by atoms with van der Waals surface area (Å²) in [6.45, 7) is 5.17. The zero-order valence-corrected chi connectivity index (χ0v) is 13.7. The predicted octanol–water partition coefficient (Wildman–Crippen LogP) is 3.58. The molecule has 2 unspecified atom stereocenters. The molecule has 1 fully saturated rings. The van der Waals surface area contributed by atoms with E-state index in [0.29, 0.717) is 23.5 Å². The Morgan fingerprint density at radius 2 is 2.24 bits per heavy atom. The van der Waals surface area contributed by atoms with Crippen molar-refractivity contribution >= 4 is 28.9 Å². The molecule has 0 aliphatic carbocycles. The Hall–Kier alpha value is -1.26. The van der Waals surface area contributed by atoms with Crippen LogP contribution in [0.25, 0.3) is 0 Å². The van der Waals surface area contributed by atoms with E-state index in [9.17, 15) is 4.79 Å². The molecule has 1 heterocycles. The van der Waals surface area contributed by atoms with Gasteiger partial charge in [-0.25, -0.2) is 0 Å². The molecule has 0 aromatic heterocycles. The summed E-state index contributed by atoms with van der Waals surface area (Å²) in [6, 6.07) is 6.56. The summed E-state index contributed by atoms with van der Waals surface area (Å²) < 4.78 is 0. The van der Waals surface area contributed by atoms with Gasteiger partial charge in [0.15, 0.2) is 0 Å². The molecule has 1 amide bonds. The van der Waals surface area contributed by atoms with Gasteiger partial charge in [0.2, 0.25) is 5.91 Å². The monoisotopic (exact) mass is 309 g/mol. The van der Waals surface area contributed by atoms with Gasteiger partial charge in [-0.3, -0.25) is 4.79 Å². The molecule has 0 spiro atoms. The molecule has 1 aliphatic heterocycles. The average molecular weight is 310 g/mol. The molecule has 1 aliphatic rings. The van der Waals surface area contributed by atoms with Crippen molar-refractivity contribution in [2.24, 2.45) is 0 Å². The van der Waals surface area contributed by atoms with Crippen LogP contribution in [0.1, 0.15) is 33.1 Å². The molecular formula is C16H24ClN3O. The Labute approximate surface area is 131 Å². The Morgan fingerprint density at radius 1 is 1.48 bits per heavy atom. The highest BCUT2D eigenvalue weighted by Crippen LogP contribution is 2.28. The lowest BCUT2D eigenvalue weighted by Gasteiger charge is -2.36. The molecule has 1 saturated heterocycles. The van der Waals surface area contributed by atoms with E-state index in [1.165, 1.54) is 0 Å². The first-order valence-corrected chi connectivity index (χ1v) is 7.93. The third kappa shape index (κ3) is 4.35. The normalized spacial score (nSPS) is 22.9. The number of rotatable bonds is 4. The van der Waals surface area contributed by atoms with Crippen molar-refractivity contribution in [3.8, 4) is 0 Å². The van der Waals surface area contributed by atoms with Gasteiger partial charge in [0.05, 0.1) is 10.7 Å². The second-order valence-electron chi connectivity index (χ2n) is 5.79. The predicted molar refractivity (Wildman–Crippen MR) is 89.1 cm³/mol. The van der Waals surface area contributed by atoms with Crippen LogP contribution in [-0.2, 0) is 4.79 Å². The molecule has 0 radical (unpaired) electrons. The number of amides is 1. The molecule has 0 saturated carbocycles. The minimum Gasteiger partial charge on any atom is -0.381 e. The number of halogens is 1. The lowest BCUT2D eigenvalue weighted by atomic mass is 9.98. The Morgan fingerprint density at radius 3 is 2.90 bits per heavy atom. The molecule has 2 atom stereocenters. The quantitative estimate of drug-likeness (QED) is 0.893. The van der Waals surface area contributed by atoms with E-state index in [0.717, 1.165) is 30.8 Å². The van der Waals surface area contributed by atoms with Crippen LogP contribution >= 0.6 is 11.6 Å². The van der Waals surface area contributed by atoms with Gasteiger partial charge in [0, 0.05) is 30.7 Å². The number of anilines is 2. The SMILES string of the molecule is CCC(=O)Nc1ccc(Cl)c(NC2CCN(C)C(C)C2)c1. The number of hydrogen-bond acceptors (Lipinski definition) is 3. The number of likely N-dealkylation sites (tertiary alicyclic amines) is 1. The zero-order chi connectivity index (χ0) is 15.4. The van der Waals surface area contributed by atoms with Gasteiger partial charge in [0.1, 0.15) is 0 Å². The van der Waals surface area contributed by atoms with Crippen molar-refractivity contribution in [1.29, 1.82) is 0 Å². The van der Waals surface area contributed by atoms with Crippen LogP contribution in [0.4, 0.5) is 11.4 Å². The average Bonchev–Trinajstić information content (AvgIpc) is 2.46. The molecule has 4 nitrogen and oxygen atoms in total. The second kappa shape index (κ2) is 7.14. The van der Waals surface area contributed by atoms with Crippen molar-refractivity contribution in [1.82, 2.24) is 4.90 Å². The summed E-state index contributed by atoms with van der Waals surface area (Å²) in [7, 11) is 2.16. The highest BCUT2D eigenvalue weighted by atomic mass is 35.5. The lowest BCUT2D eigenvalue weighted by molar-refractivity contribution is -0.115. The minimum absolute atomic E-state index is 0.0104. The summed E-state index contributed by atoms with van der Waals surface area (Å²) in [5, 5.41) is 7.08. The third-order valence-corrected chi connectivity index (χ3v) is 4.47. The summed E-state index contributed by atoms with van der Waals surface area (Å²) in [5.41, 5.74) is 1.68. The summed E-state index contributed by atoms with van der Waals surface area (Å²) >= 11 is 6.27. The first-order chi connectivity index (χ1) is 9.99. The topological polar surface area (TPSA) is 44.4 Å². The standard InChI is InChI=1S/C16H24ClN3O/c1-4-16(21)19-12-5-6-14(17)15(10-12)18-13-7-8-20(3)11(2)9-13/h5-6,10-11,13,18H,4,7-9H2,1-3H3,(H,19,21). The van der Waals surface area contributed by atoms with E-state index >= 15 is 0 Å². The lowest BCUT2D eigenvalue weighted by Crippen LogP contribution is -2.42. The molecular weight excluding hydrogens is 286 g/mol. The molecule has 2 rings (SSSR count). The zero-order valence-electron chi connectivity index (χ0n) is 12.9. The molecule has 1 aromatic carbocycles. The van der Waals surface area contributed by atoms with E-state index in [1.54, 1.807) is 0 Å². The van der Waals surface area contributed by atoms with Crippen LogP contribution in [0.15, 0.2) is 18.2 Å². The highest BCUT2D eigenvalue weighted by molar-refractivity contribution is 6.33.